The molecule has 0 saturated carbocycles. The molecule has 0 N–H and O–H groups in total. The molecule has 6 aromatic rings. The molecule has 0 unspecified atom stereocenters. The van der Waals surface area contributed by atoms with Crippen LogP contribution in [-0.2, 0) is 0 Å². The Kier molecular flexibility index (Phi) is 8.47. The van der Waals surface area contributed by atoms with E-state index in [1.54, 1.807) is 0 Å². The monoisotopic (exact) mass is 638 g/mol. The van der Waals surface area contributed by atoms with Crippen molar-refractivity contribution < 1.29 is 0 Å². The standard InChI is InChI=1S/C36H30Ge2N2/c1-7-19-31(20-8-1)37(32-21-9-2-10-22-32)39(35-27-15-5-16-28-35)40(36-29-17-6-18-30-36)38(33-23-11-3-12-24-33)34-25-13-4-14-26-34/h1-30H. The topological polar surface area (TPSA) is 6.48 Å². The molecule has 0 amide bonds. The normalized spacial score (nSPS) is 10.9. The molecule has 0 fully saturated rings. The molecule has 0 aliphatic rings. The summed E-state index contributed by atoms with van der Waals surface area (Å²) >= 11 is -4.84. The molecule has 0 heterocycles. The summed E-state index contributed by atoms with van der Waals surface area (Å²) < 4.78 is 11.1. The van der Waals surface area contributed by atoms with E-state index in [-0.39, 0.29) is 0 Å². The fourth-order valence-electron chi connectivity index (χ4n) is 5.03. The van der Waals surface area contributed by atoms with Crippen LogP contribution in [-0.4, -0.2) is 29.1 Å². The van der Waals surface area contributed by atoms with E-state index < -0.39 is 29.1 Å². The van der Waals surface area contributed by atoms with Crippen LogP contribution in [0.15, 0.2) is 182 Å². The van der Waals surface area contributed by atoms with E-state index in [0.29, 0.717) is 0 Å². The van der Waals surface area contributed by atoms with E-state index >= 15 is 0 Å². The van der Waals surface area contributed by atoms with Crippen LogP contribution < -0.4 is 25.5 Å². The van der Waals surface area contributed by atoms with Gasteiger partial charge in [0.1, 0.15) is 0 Å². The van der Waals surface area contributed by atoms with Gasteiger partial charge in [0.05, 0.1) is 0 Å². The van der Waals surface area contributed by atoms with Crippen LogP contribution in [0, 0.1) is 0 Å². The molecule has 0 atom stereocenters. The Morgan fingerprint density at radius 3 is 0.675 bits per heavy atom. The van der Waals surface area contributed by atoms with E-state index in [1.807, 2.05) is 0 Å². The summed E-state index contributed by atoms with van der Waals surface area (Å²) in [5.74, 6) is 0. The van der Waals surface area contributed by atoms with Gasteiger partial charge in [-0.2, -0.15) is 0 Å². The second-order valence-electron chi connectivity index (χ2n) is 9.46. The van der Waals surface area contributed by atoms with Crippen LogP contribution in [0.4, 0.5) is 11.4 Å². The molecule has 0 bridgehead atoms. The Morgan fingerprint density at radius 2 is 0.450 bits per heavy atom. The van der Waals surface area contributed by atoms with Crippen LogP contribution in [0.25, 0.3) is 0 Å². The summed E-state index contributed by atoms with van der Waals surface area (Å²) in [5, 5.41) is 0. The van der Waals surface area contributed by atoms with Crippen LogP contribution >= 0.6 is 0 Å². The molecule has 0 spiro atoms. The summed E-state index contributed by atoms with van der Waals surface area (Å²) in [6, 6.07) is 66.6. The first-order chi connectivity index (χ1) is 19.9. The molecule has 4 heteroatoms. The summed E-state index contributed by atoms with van der Waals surface area (Å²) in [5.41, 5.74) is 2.46. The van der Waals surface area contributed by atoms with Gasteiger partial charge in [-0.3, -0.25) is 0 Å². The van der Waals surface area contributed by atoms with Crippen molar-refractivity contribution in [3.63, 3.8) is 0 Å². The summed E-state index contributed by atoms with van der Waals surface area (Å²) in [6.45, 7) is 0. The van der Waals surface area contributed by atoms with E-state index in [2.05, 4.69) is 190 Å². The van der Waals surface area contributed by atoms with Crippen LogP contribution in [0.5, 0.6) is 0 Å². The van der Waals surface area contributed by atoms with Gasteiger partial charge in [-0.25, -0.2) is 0 Å². The molecular formula is C36H30Ge2N2. The van der Waals surface area contributed by atoms with Crippen molar-refractivity contribution in [2.45, 2.75) is 0 Å². The predicted octanol–water partition coefficient (Wildman–Crippen LogP) is 5.53. The second-order valence-corrected chi connectivity index (χ2v) is 19.0. The van der Waals surface area contributed by atoms with Gasteiger partial charge in [0, 0.05) is 0 Å². The molecule has 0 aromatic heterocycles. The molecule has 2 radical (unpaired) electrons. The summed E-state index contributed by atoms with van der Waals surface area (Å²) in [7, 11) is 0. The molecule has 192 valence electrons. The number of hydrazine groups is 1. The van der Waals surface area contributed by atoms with Crippen molar-refractivity contribution in [2.75, 3.05) is 7.93 Å². The predicted molar refractivity (Wildman–Crippen MR) is 174 cm³/mol. The quantitative estimate of drug-likeness (QED) is 0.152. The molecule has 6 rings (SSSR count). The van der Waals surface area contributed by atoms with Gasteiger partial charge in [0.15, 0.2) is 0 Å². The molecule has 6 aromatic carbocycles. The zero-order valence-corrected chi connectivity index (χ0v) is 26.4. The maximum atomic E-state index is 2.72. The van der Waals surface area contributed by atoms with Crippen molar-refractivity contribution in [1.82, 2.24) is 0 Å². The van der Waals surface area contributed by atoms with E-state index in [1.165, 1.54) is 29.0 Å². The van der Waals surface area contributed by atoms with E-state index in [9.17, 15) is 0 Å². The van der Waals surface area contributed by atoms with Crippen molar-refractivity contribution in [2.24, 2.45) is 0 Å². The SMILES string of the molecule is c1ccc([N]([N](c2ccccc2)[Ge]([c]2ccccc2)[c]2ccccc2)[Ge]([c]2ccccc2)[c]2ccccc2)cc1. The third kappa shape index (κ3) is 5.79. The van der Waals surface area contributed by atoms with Gasteiger partial charge in [-0.1, -0.05) is 0 Å². The number of para-hydroxylation sites is 2. The van der Waals surface area contributed by atoms with Gasteiger partial charge in [-0.05, 0) is 0 Å². The number of hydrogen-bond acceptors (Lipinski definition) is 2. The third-order valence-electron chi connectivity index (χ3n) is 6.81. The second kappa shape index (κ2) is 12.9. The minimum absolute atomic E-state index is 1.23. The van der Waals surface area contributed by atoms with Gasteiger partial charge >= 0.3 is 248 Å². The first-order valence-corrected chi connectivity index (χ1v) is 19.6. The first kappa shape index (κ1) is 26.2. The van der Waals surface area contributed by atoms with E-state index in [4.69, 9.17) is 0 Å². The molecule has 40 heavy (non-hydrogen) atoms. The molecule has 0 aliphatic heterocycles. The fraction of sp³-hybridized carbons (Fsp3) is 0. The molecular weight excluding hydrogens is 606 g/mol. The Morgan fingerprint density at radius 1 is 0.250 bits per heavy atom. The summed E-state index contributed by atoms with van der Waals surface area (Å²) in [4.78, 5) is 0. The number of nitrogens with zero attached hydrogens (tertiary/aromatic N) is 2. The minimum atomic E-state index is -2.42. The van der Waals surface area contributed by atoms with Crippen LogP contribution in [0.2, 0.25) is 0 Å². The Bertz CT molecular complexity index is 1380. The van der Waals surface area contributed by atoms with Crippen LogP contribution in [0.3, 0.4) is 0 Å². The number of hydrogen-bond donors (Lipinski definition) is 0. The number of benzene rings is 6. The van der Waals surface area contributed by atoms with Gasteiger partial charge in [-0.15, -0.1) is 0 Å². The zero-order valence-electron chi connectivity index (χ0n) is 22.2. The number of rotatable bonds is 9. The first-order valence-electron chi connectivity index (χ1n) is 13.6. The molecule has 0 aliphatic carbocycles. The Labute approximate surface area is 246 Å². The zero-order chi connectivity index (χ0) is 27.0. The fourth-order valence-corrected chi connectivity index (χ4v) is 18.0. The molecule has 0 saturated heterocycles. The average Bonchev–Trinajstić information content (AvgIpc) is 3.05. The average molecular weight is 636 g/mol. The van der Waals surface area contributed by atoms with Gasteiger partial charge < -0.3 is 0 Å². The van der Waals surface area contributed by atoms with Crippen molar-refractivity contribution >= 4 is 58.1 Å². The molecule has 2 nitrogen and oxygen atoms in total. The third-order valence-corrected chi connectivity index (χ3v) is 18.8. The van der Waals surface area contributed by atoms with Crippen molar-refractivity contribution in [3.05, 3.63) is 182 Å². The van der Waals surface area contributed by atoms with Crippen molar-refractivity contribution in [1.29, 1.82) is 0 Å². The maximum absolute atomic E-state index is 2.72. The van der Waals surface area contributed by atoms with Crippen LogP contribution in [0.1, 0.15) is 0 Å². The number of anilines is 2. The van der Waals surface area contributed by atoms with Gasteiger partial charge in [0.25, 0.3) is 0 Å². The summed E-state index contributed by atoms with van der Waals surface area (Å²) in [6.07, 6.45) is 0. The van der Waals surface area contributed by atoms with Gasteiger partial charge in [0.2, 0.25) is 0 Å². The Hall–Kier alpha value is -3.99. The Balaban J connectivity index is 1.67. The van der Waals surface area contributed by atoms with E-state index in [0.717, 1.165) is 0 Å². The van der Waals surface area contributed by atoms with Crippen molar-refractivity contribution in [3.8, 4) is 0 Å².